The second-order valence-corrected chi connectivity index (χ2v) is 6.93. The molecule has 0 saturated heterocycles. The highest BCUT2D eigenvalue weighted by Gasteiger charge is 2.09. The first-order valence-corrected chi connectivity index (χ1v) is 9.76. The number of nitrogens with zero attached hydrogens (tertiary/aromatic N) is 1. The summed E-state index contributed by atoms with van der Waals surface area (Å²) in [5.41, 5.74) is 3.05. The monoisotopic (exact) mass is 429 g/mol. The van der Waals surface area contributed by atoms with E-state index in [-0.39, 0.29) is 6.61 Å². The molecule has 146 valence electrons. The van der Waals surface area contributed by atoms with Crippen molar-refractivity contribution in [2.75, 3.05) is 19.8 Å². The normalized spacial score (nSPS) is 11.2. The van der Waals surface area contributed by atoms with Gasteiger partial charge in [-0.05, 0) is 91.7 Å². The molecule has 0 unspecified atom stereocenters. The maximum atomic E-state index is 12.7. The Morgan fingerprint density at radius 2 is 1.88 bits per heavy atom. The van der Waals surface area contributed by atoms with Crippen LogP contribution in [0.3, 0.4) is 0 Å². The van der Waals surface area contributed by atoms with Gasteiger partial charge in [0, 0.05) is 0 Å². The molecule has 0 aliphatic heterocycles. The molecule has 4 nitrogen and oxygen atoms in total. The lowest BCUT2D eigenvalue weighted by molar-refractivity contribution is 0.138. The number of ether oxygens (including phenoxy) is 2. The summed E-state index contributed by atoms with van der Waals surface area (Å²) in [4.78, 5) is 5.18. The predicted octanol–water partition coefficient (Wildman–Crippen LogP) is 6.10. The number of hydrogen-bond donors (Lipinski definition) is 0. The molecule has 0 atom stereocenters. The summed E-state index contributed by atoms with van der Waals surface area (Å²) in [6.07, 6.45) is 5.14. The average Bonchev–Trinajstić information content (AvgIpc) is 2.57. The Kier molecular flexibility index (Phi) is 11.0. The van der Waals surface area contributed by atoms with Gasteiger partial charge in [-0.3, -0.25) is 0 Å². The zero-order valence-electron chi connectivity index (χ0n) is 16.1. The van der Waals surface area contributed by atoms with Crippen LogP contribution in [0, 0.1) is 6.92 Å². The van der Waals surface area contributed by atoms with Crippen LogP contribution < -0.4 is 9.47 Å². The van der Waals surface area contributed by atoms with E-state index in [9.17, 15) is 4.39 Å². The minimum atomic E-state index is -0.424. The number of oxime groups is 1. The molecule has 0 amide bonds. The van der Waals surface area contributed by atoms with E-state index < -0.39 is 4.74 Å². The number of halogens is 2. The summed E-state index contributed by atoms with van der Waals surface area (Å²) < 4.78 is 23.8. The van der Waals surface area contributed by atoms with Crippen LogP contribution in [-0.4, -0.2) is 25.5 Å². The smallest absolute Gasteiger partial charge is 0.165 e. The molecule has 1 aromatic rings. The predicted molar refractivity (Wildman–Crippen MR) is 108 cm³/mol. The Morgan fingerprint density at radius 3 is 2.54 bits per heavy atom. The topological polar surface area (TPSA) is 40.0 Å². The first-order chi connectivity index (χ1) is 12.4. The second kappa shape index (κ2) is 12.7. The van der Waals surface area contributed by atoms with Crippen LogP contribution in [0.1, 0.15) is 51.2 Å². The van der Waals surface area contributed by atoms with Gasteiger partial charge in [0.25, 0.3) is 0 Å². The third kappa shape index (κ3) is 9.22. The Hall–Kier alpha value is -1.56. The SMILES string of the molecule is CCc1cc(OC/C=C(/F)Br)cc(C)c1OCCCCCON=C(C)C. The molecule has 0 aromatic heterocycles. The fourth-order valence-corrected chi connectivity index (χ4v) is 2.49. The Balaban J connectivity index is 2.46. The highest BCUT2D eigenvalue weighted by molar-refractivity contribution is 9.11. The maximum absolute atomic E-state index is 12.7. The zero-order valence-corrected chi connectivity index (χ0v) is 17.7. The summed E-state index contributed by atoms with van der Waals surface area (Å²) in [6, 6.07) is 3.88. The van der Waals surface area contributed by atoms with E-state index >= 15 is 0 Å². The molecule has 0 saturated carbocycles. The van der Waals surface area contributed by atoms with Crippen LogP contribution in [0.15, 0.2) is 28.1 Å². The maximum Gasteiger partial charge on any atom is 0.165 e. The van der Waals surface area contributed by atoms with Crippen molar-refractivity contribution < 1.29 is 18.7 Å². The van der Waals surface area contributed by atoms with Crippen molar-refractivity contribution >= 4 is 21.6 Å². The molecule has 0 fully saturated rings. The minimum Gasteiger partial charge on any atom is -0.493 e. The molecule has 0 N–H and O–H groups in total. The highest BCUT2D eigenvalue weighted by atomic mass is 79.9. The van der Waals surface area contributed by atoms with Crippen LogP contribution in [-0.2, 0) is 11.3 Å². The zero-order chi connectivity index (χ0) is 19.4. The highest BCUT2D eigenvalue weighted by Crippen LogP contribution is 2.30. The van der Waals surface area contributed by atoms with Gasteiger partial charge in [0.15, 0.2) is 4.74 Å². The van der Waals surface area contributed by atoms with Gasteiger partial charge in [-0.25, -0.2) is 0 Å². The van der Waals surface area contributed by atoms with Crippen molar-refractivity contribution in [3.05, 3.63) is 34.1 Å². The van der Waals surface area contributed by atoms with Gasteiger partial charge in [-0.15, -0.1) is 0 Å². The standard InChI is InChI=1S/C20H29BrFNO3/c1-5-17-14-18(24-12-9-19(21)22)13-16(4)20(17)25-10-7-6-8-11-26-23-15(2)3/h9,13-14H,5-8,10-12H2,1-4H3/b19-9+. The van der Waals surface area contributed by atoms with Crippen molar-refractivity contribution in [3.63, 3.8) is 0 Å². The number of unbranched alkanes of at least 4 members (excludes halogenated alkanes) is 2. The molecule has 0 radical (unpaired) electrons. The fraction of sp³-hybridized carbons (Fsp3) is 0.550. The minimum absolute atomic E-state index is 0.184. The van der Waals surface area contributed by atoms with E-state index in [1.54, 1.807) is 0 Å². The van der Waals surface area contributed by atoms with Gasteiger partial charge in [0.2, 0.25) is 0 Å². The number of hydrogen-bond acceptors (Lipinski definition) is 4. The second-order valence-electron chi connectivity index (χ2n) is 6.17. The molecule has 1 rings (SSSR count). The van der Waals surface area contributed by atoms with Gasteiger partial charge < -0.3 is 14.3 Å². The van der Waals surface area contributed by atoms with Gasteiger partial charge in [-0.2, -0.15) is 4.39 Å². The van der Waals surface area contributed by atoms with Gasteiger partial charge in [-0.1, -0.05) is 12.1 Å². The van der Waals surface area contributed by atoms with Gasteiger partial charge in [0.1, 0.15) is 24.7 Å². The van der Waals surface area contributed by atoms with Crippen molar-refractivity contribution in [1.82, 2.24) is 0 Å². The van der Waals surface area contributed by atoms with Gasteiger partial charge >= 0.3 is 0 Å². The molecule has 26 heavy (non-hydrogen) atoms. The van der Waals surface area contributed by atoms with E-state index in [1.165, 1.54) is 6.08 Å². The molecule has 6 heteroatoms. The van der Waals surface area contributed by atoms with Crippen LogP contribution >= 0.6 is 15.9 Å². The molecule has 0 spiro atoms. The Labute approximate surface area is 164 Å². The van der Waals surface area contributed by atoms with E-state index in [2.05, 4.69) is 28.0 Å². The molecular weight excluding hydrogens is 401 g/mol. The summed E-state index contributed by atoms with van der Waals surface area (Å²) in [5, 5.41) is 3.91. The number of benzene rings is 1. The van der Waals surface area contributed by atoms with E-state index in [1.807, 2.05) is 32.9 Å². The molecule has 1 aromatic carbocycles. The van der Waals surface area contributed by atoms with E-state index in [4.69, 9.17) is 14.3 Å². The largest absolute Gasteiger partial charge is 0.493 e. The molecule has 0 aliphatic rings. The number of rotatable bonds is 12. The van der Waals surface area contributed by atoms with Crippen molar-refractivity contribution in [3.8, 4) is 11.5 Å². The lowest BCUT2D eigenvalue weighted by Crippen LogP contribution is -2.04. The average molecular weight is 430 g/mol. The Bertz CT molecular complexity index is 609. The summed E-state index contributed by atoms with van der Waals surface area (Å²) in [6.45, 7) is 9.40. The summed E-state index contributed by atoms with van der Waals surface area (Å²) in [5.74, 6) is 1.64. The lowest BCUT2D eigenvalue weighted by Gasteiger charge is -2.15. The van der Waals surface area contributed by atoms with Crippen molar-refractivity contribution in [2.45, 2.75) is 53.4 Å². The first-order valence-electron chi connectivity index (χ1n) is 8.97. The van der Waals surface area contributed by atoms with E-state index in [0.29, 0.717) is 13.2 Å². The molecular formula is C20H29BrFNO3. The summed E-state index contributed by atoms with van der Waals surface area (Å²) in [7, 11) is 0. The fourth-order valence-electron chi connectivity index (χ4n) is 2.36. The Morgan fingerprint density at radius 1 is 1.15 bits per heavy atom. The van der Waals surface area contributed by atoms with Crippen molar-refractivity contribution in [2.24, 2.45) is 5.16 Å². The molecule has 0 bridgehead atoms. The molecule has 0 aliphatic carbocycles. The van der Waals surface area contributed by atoms with Crippen LogP contribution in [0.4, 0.5) is 4.39 Å². The van der Waals surface area contributed by atoms with Gasteiger partial charge in [0.05, 0.1) is 12.3 Å². The van der Waals surface area contributed by atoms with Crippen molar-refractivity contribution in [1.29, 1.82) is 0 Å². The third-order valence-electron chi connectivity index (χ3n) is 3.57. The number of aryl methyl sites for hydroxylation is 2. The quantitative estimate of drug-likeness (QED) is 0.228. The first kappa shape index (κ1) is 22.5. The summed E-state index contributed by atoms with van der Waals surface area (Å²) >= 11 is 2.74. The van der Waals surface area contributed by atoms with Crippen LogP contribution in [0.5, 0.6) is 11.5 Å². The van der Waals surface area contributed by atoms with Crippen LogP contribution in [0.25, 0.3) is 0 Å². The van der Waals surface area contributed by atoms with Crippen LogP contribution in [0.2, 0.25) is 0 Å². The van der Waals surface area contributed by atoms with E-state index in [0.717, 1.165) is 54.0 Å². The molecule has 0 heterocycles. The lowest BCUT2D eigenvalue weighted by atomic mass is 10.1. The third-order valence-corrected chi connectivity index (χ3v) is 3.89.